The minimum absolute atomic E-state index is 0.142. The van der Waals surface area contributed by atoms with Crippen LogP contribution < -0.4 is 5.32 Å². The number of aryl methyl sites for hydroxylation is 1. The van der Waals surface area contributed by atoms with E-state index in [0.29, 0.717) is 38.0 Å². The van der Waals surface area contributed by atoms with Crippen LogP contribution in [0.25, 0.3) is 0 Å². The number of benzene rings is 1. The lowest BCUT2D eigenvalue weighted by atomic mass is 10.1. The first kappa shape index (κ1) is 16.1. The number of hydrogen-bond acceptors (Lipinski definition) is 3. The summed E-state index contributed by atoms with van der Waals surface area (Å²) < 4.78 is 18.1. The van der Waals surface area contributed by atoms with Gasteiger partial charge in [-0.3, -0.25) is 9.59 Å². The molecule has 1 N–H and O–H groups in total. The summed E-state index contributed by atoms with van der Waals surface area (Å²) in [5.41, 5.74) is 0.536. The SMILES string of the molecule is CCOC(=O)CCCNC(=O)CCc1ccccc1F. The Hall–Kier alpha value is -1.91. The fourth-order valence-electron chi connectivity index (χ4n) is 1.73. The van der Waals surface area contributed by atoms with Gasteiger partial charge in [0.15, 0.2) is 0 Å². The predicted octanol–water partition coefficient (Wildman–Crippen LogP) is 2.22. The average molecular weight is 281 g/mol. The van der Waals surface area contributed by atoms with Crippen molar-refractivity contribution in [2.45, 2.75) is 32.6 Å². The Kier molecular flexibility index (Phi) is 7.32. The highest BCUT2D eigenvalue weighted by Crippen LogP contribution is 2.08. The van der Waals surface area contributed by atoms with Crippen LogP contribution in [-0.2, 0) is 20.7 Å². The molecule has 0 saturated carbocycles. The minimum Gasteiger partial charge on any atom is -0.466 e. The molecule has 1 aromatic carbocycles. The minimum atomic E-state index is -0.289. The molecule has 0 aliphatic heterocycles. The number of carbonyl (C=O) groups is 2. The van der Waals surface area contributed by atoms with Crippen molar-refractivity contribution in [1.29, 1.82) is 0 Å². The smallest absolute Gasteiger partial charge is 0.305 e. The summed E-state index contributed by atoms with van der Waals surface area (Å²) in [6.07, 6.45) is 1.45. The molecule has 0 aromatic heterocycles. The highest BCUT2D eigenvalue weighted by Gasteiger charge is 2.06. The van der Waals surface area contributed by atoms with E-state index in [1.54, 1.807) is 25.1 Å². The van der Waals surface area contributed by atoms with Crippen LogP contribution in [0.1, 0.15) is 31.7 Å². The monoisotopic (exact) mass is 281 g/mol. The lowest BCUT2D eigenvalue weighted by Gasteiger charge is -2.06. The van der Waals surface area contributed by atoms with E-state index in [2.05, 4.69) is 5.32 Å². The molecule has 0 heterocycles. The van der Waals surface area contributed by atoms with E-state index in [-0.39, 0.29) is 24.1 Å². The van der Waals surface area contributed by atoms with Crippen molar-refractivity contribution in [2.75, 3.05) is 13.2 Å². The molecule has 0 atom stereocenters. The van der Waals surface area contributed by atoms with Gasteiger partial charge in [-0.05, 0) is 31.4 Å². The molecule has 0 unspecified atom stereocenters. The van der Waals surface area contributed by atoms with Gasteiger partial charge in [0, 0.05) is 19.4 Å². The van der Waals surface area contributed by atoms with Gasteiger partial charge < -0.3 is 10.1 Å². The van der Waals surface area contributed by atoms with E-state index in [9.17, 15) is 14.0 Å². The number of carbonyl (C=O) groups excluding carboxylic acids is 2. The molecule has 0 aliphatic carbocycles. The first-order chi connectivity index (χ1) is 9.63. The fourth-order valence-corrected chi connectivity index (χ4v) is 1.73. The van der Waals surface area contributed by atoms with Crippen LogP contribution in [0.15, 0.2) is 24.3 Å². The lowest BCUT2D eigenvalue weighted by Crippen LogP contribution is -2.25. The van der Waals surface area contributed by atoms with E-state index in [1.807, 2.05) is 0 Å². The molecule has 0 radical (unpaired) electrons. The lowest BCUT2D eigenvalue weighted by molar-refractivity contribution is -0.143. The van der Waals surface area contributed by atoms with Crippen molar-refractivity contribution < 1.29 is 18.7 Å². The number of nitrogens with one attached hydrogen (secondary N) is 1. The molecule has 0 saturated heterocycles. The van der Waals surface area contributed by atoms with Crippen LogP contribution in [-0.4, -0.2) is 25.0 Å². The van der Waals surface area contributed by atoms with Gasteiger partial charge in [0.05, 0.1) is 6.61 Å². The summed E-state index contributed by atoms with van der Waals surface area (Å²) in [6.45, 7) is 2.55. The maximum atomic E-state index is 13.3. The molecule has 0 spiro atoms. The highest BCUT2D eigenvalue weighted by atomic mass is 19.1. The van der Waals surface area contributed by atoms with Gasteiger partial charge in [0.25, 0.3) is 0 Å². The van der Waals surface area contributed by atoms with Gasteiger partial charge in [0.2, 0.25) is 5.91 Å². The Balaban J connectivity index is 2.15. The van der Waals surface area contributed by atoms with Crippen LogP contribution in [0, 0.1) is 5.82 Å². The first-order valence-electron chi connectivity index (χ1n) is 6.79. The predicted molar refractivity (Wildman–Crippen MR) is 73.6 cm³/mol. The fraction of sp³-hybridized carbons (Fsp3) is 0.467. The topological polar surface area (TPSA) is 55.4 Å². The van der Waals surface area contributed by atoms with Gasteiger partial charge in [0.1, 0.15) is 5.82 Å². The molecule has 20 heavy (non-hydrogen) atoms. The van der Waals surface area contributed by atoms with E-state index < -0.39 is 0 Å². The zero-order chi connectivity index (χ0) is 14.8. The molecule has 1 rings (SSSR count). The standard InChI is InChI=1S/C15H20FNO3/c1-2-20-15(19)8-5-11-17-14(18)10-9-12-6-3-4-7-13(12)16/h3-4,6-7H,2,5,8-11H2,1H3,(H,17,18). The Morgan fingerprint density at radius 2 is 2.00 bits per heavy atom. The summed E-state index contributed by atoms with van der Waals surface area (Å²) in [4.78, 5) is 22.6. The largest absolute Gasteiger partial charge is 0.466 e. The van der Waals surface area contributed by atoms with E-state index in [4.69, 9.17) is 4.74 Å². The summed E-state index contributed by atoms with van der Waals surface area (Å²) in [5, 5.41) is 2.70. The van der Waals surface area contributed by atoms with Crippen molar-refractivity contribution in [1.82, 2.24) is 5.32 Å². The van der Waals surface area contributed by atoms with Crippen molar-refractivity contribution in [3.63, 3.8) is 0 Å². The number of halogens is 1. The van der Waals surface area contributed by atoms with Gasteiger partial charge >= 0.3 is 5.97 Å². The molecule has 0 bridgehead atoms. The molecule has 110 valence electrons. The van der Waals surface area contributed by atoms with Crippen molar-refractivity contribution >= 4 is 11.9 Å². The molecule has 0 fully saturated rings. The van der Waals surface area contributed by atoms with Gasteiger partial charge in [-0.2, -0.15) is 0 Å². The van der Waals surface area contributed by atoms with E-state index in [0.717, 1.165) is 0 Å². The molecular formula is C15H20FNO3. The Labute approximate surface area is 118 Å². The second kappa shape index (κ2) is 9.07. The number of amides is 1. The third kappa shape index (κ3) is 6.31. The number of hydrogen-bond donors (Lipinski definition) is 1. The molecule has 1 amide bonds. The van der Waals surface area contributed by atoms with Crippen LogP contribution in [0.3, 0.4) is 0 Å². The zero-order valence-electron chi connectivity index (χ0n) is 11.7. The Morgan fingerprint density at radius 3 is 2.70 bits per heavy atom. The summed E-state index contributed by atoms with van der Waals surface area (Å²) >= 11 is 0. The normalized spacial score (nSPS) is 10.1. The summed E-state index contributed by atoms with van der Waals surface area (Å²) in [6, 6.07) is 6.42. The second-order valence-corrected chi connectivity index (χ2v) is 4.35. The molecule has 1 aromatic rings. The quantitative estimate of drug-likeness (QED) is 0.587. The maximum Gasteiger partial charge on any atom is 0.305 e. The van der Waals surface area contributed by atoms with E-state index in [1.165, 1.54) is 6.07 Å². The number of ether oxygens (including phenoxy) is 1. The van der Waals surface area contributed by atoms with Crippen molar-refractivity contribution in [2.24, 2.45) is 0 Å². The second-order valence-electron chi connectivity index (χ2n) is 4.35. The summed E-state index contributed by atoms with van der Waals surface area (Å²) in [5.74, 6) is -0.687. The van der Waals surface area contributed by atoms with E-state index >= 15 is 0 Å². The summed E-state index contributed by atoms with van der Waals surface area (Å²) in [7, 11) is 0. The first-order valence-corrected chi connectivity index (χ1v) is 6.79. The Morgan fingerprint density at radius 1 is 1.25 bits per heavy atom. The third-order valence-electron chi connectivity index (χ3n) is 2.76. The molecule has 5 heteroatoms. The van der Waals surface area contributed by atoms with Crippen LogP contribution in [0.4, 0.5) is 4.39 Å². The molecule has 0 aliphatic rings. The van der Waals surface area contributed by atoms with Crippen LogP contribution in [0.2, 0.25) is 0 Å². The van der Waals surface area contributed by atoms with Gasteiger partial charge in [-0.1, -0.05) is 18.2 Å². The third-order valence-corrected chi connectivity index (χ3v) is 2.76. The zero-order valence-corrected chi connectivity index (χ0v) is 11.7. The maximum absolute atomic E-state index is 13.3. The average Bonchev–Trinajstić information content (AvgIpc) is 2.43. The molecule has 4 nitrogen and oxygen atoms in total. The Bertz CT molecular complexity index is 448. The van der Waals surface area contributed by atoms with Crippen LogP contribution in [0.5, 0.6) is 0 Å². The van der Waals surface area contributed by atoms with Gasteiger partial charge in [-0.25, -0.2) is 4.39 Å². The molecular weight excluding hydrogens is 261 g/mol. The highest BCUT2D eigenvalue weighted by molar-refractivity contribution is 5.76. The van der Waals surface area contributed by atoms with Crippen molar-refractivity contribution in [3.05, 3.63) is 35.6 Å². The van der Waals surface area contributed by atoms with Gasteiger partial charge in [-0.15, -0.1) is 0 Å². The number of esters is 1. The van der Waals surface area contributed by atoms with Crippen molar-refractivity contribution in [3.8, 4) is 0 Å². The van der Waals surface area contributed by atoms with Crippen LogP contribution >= 0.6 is 0 Å². The number of rotatable bonds is 8.